The highest BCUT2D eigenvalue weighted by Gasteiger charge is 2.21. The van der Waals surface area contributed by atoms with E-state index in [1.165, 1.54) is 33.3 Å². The largest absolute Gasteiger partial charge is 0.496 e. The summed E-state index contributed by atoms with van der Waals surface area (Å²) in [4.78, 5) is 11.0. The minimum atomic E-state index is -0.974. The molecule has 0 bridgehead atoms. The number of hydrogen-bond donors (Lipinski definition) is 1. The fourth-order valence-electron chi connectivity index (χ4n) is 1.56. The highest BCUT2D eigenvalue weighted by molar-refractivity contribution is 5.77. The second kappa shape index (κ2) is 5.52. The van der Waals surface area contributed by atoms with Crippen molar-refractivity contribution in [1.82, 2.24) is 0 Å². The number of carbonyl (C=O) groups is 1. The normalized spacial score (nSPS) is 12.0. The third-order valence-electron chi connectivity index (χ3n) is 2.61. The number of rotatable bonds is 5. The lowest BCUT2D eigenvalue weighted by atomic mass is 9.98. The predicted molar refractivity (Wildman–Crippen MR) is 60.4 cm³/mol. The van der Waals surface area contributed by atoms with Gasteiger partial charge in [0, 0.05) is 11.1 Å². The van der Waals surface area contributed by atoms with Gasteiger partial charge in [-0.15, -0.1) is 0 Å². The Labute approximate surface area is 99.0 Å². The summed E-state index contributed by atoms with van der Waals surface area (Å²) in [6.45, 7) is 0.843. The lowest BCUT2D eigenvalue weighted by Crippen LogP contribution is -2.09. The van der Waals surface area contributed by atoms with E-state index < -0.39 is 18.6 Å². The van der Waals surface area contributed by atoms with Crippen LogP contribution in [0.4, 0.5) is 4.39 Å². The summed E-state index contributed by atoms with van der Waals surface area (Å²) in [6.07, 6.45) is 0. The fraction of sp³-hybridized carbons (Fsp3) is 0.417. The summed E-state index contributed by atoms with van der Waals surface area (Å²) < 4.78 is 22.8. The monoisotopic (exact) mass is 242 g/mol. The van der Waals surface area contributed by atoms with Gasteiger partial charge in [0.05, 0.1) is 20.1 Å². The second-order valence-electron chi connectivity index (χ2n) is 3.60. The van der Waals surface area contributed by atoms with Crippen molar-refractivity contribution >= 4 is 5.97 Å². The molecule has 94 valence electrons. The molecule has 0 aliphatic rings. The first kappa shape index (κ1) is 13.3. The molecule has 0 aromatic heterocycles. The molecule has 1 aromatic rings. The van der Waals surface area contributed by atoms with Crippen LogP contribution in [-0.4, -0.2) is 25.3 Å². The molecule has 17 heavy (non-hydrogen) atoms. The summed E-state index contributed by atoms with van der Waals surface area (Å²) >= 11 is 0. The summed E-state index contributed by atoms with van der Waals surface area (Å²) in [5, 5.41) is 8.98. The number of aliphatic carboxylic acids is 1. The number of carboxylic acids is 1. The molecule has 0 aliphatic carbocycles. The van der Waals surface area contributed by atoms with Gasteiger partial charge in [-0.3, -0.25) is 4.79 Å². The standard InChI is InChI=1S/C12H15FO4/c1-7(12(14)15)9-5-10(16-2)8(6-13)4-11(9)17-3/h4-5,7H,6H2,1-3H3,(H,14,15). The Kier molecular flexibility index (Phi) is 4.31. The van der Waals surface area contributed by atoms with Crippen LogP contribution in [0.3, 0.4) is 0 Å². The van der Waals surface area contributed by atoms with Gasteiger partial charge >= 0.3 is 5.97 Å². The number of benzene rings is 1. The maximum Gasteiger partial charge on any atom is 0.310 e. The number of ether oxygens (including phenoxy) is 2. The topological polar surface area (TPSA) is 55.8 Å². The first-order valence-corrected chi connectivity index (χ1v) is 5.08. The predicted octanol–water partition coefficient (Wildman–Crippen LogP) is 2.36. The van der Waals surface area contributed by atoms with E-state index in [0.717, 1.165) is 0 Å². The van der Waals surface area contributed by atoms with Crippen molar-refractivity contribution < 1.29 is 23.8 Å². The first-order chi connectivity index (χ1) is 8.04. The Bertz CT molecular complexity index is 417. The van der Waals surface area contributed by atoms with E-state index in [4.69, 9.17) is 14.6 Å². The van der Waals surface area contributed by atoms with E-state index in [1.807, 2.05) is 0 Å². The van der Waals surface area contributed by atoms with Gasteiger partial charge < -0.3 is 14.6 Å². The third kappa shape index (κ3) is 2.67. The Morgan fingerprint density at radius 2 is 1.94 bits per heavy atom. The molecule has 0 fully saturated rings. The molecule has 1 unspecified atom stereocenters. The van der Waals surface area contributed by atoms with Crippen LogP contribution in [0.2, 0.25) is 0 Å². The SMILES string of the molecule is COc1cc(C(C)C(=O)O)c(OC)cc1CF. The van der Waals surface area contributed by atoms with Crippen molar-refractivity contribution in [2.24, 2.45) is 0 Å². The Hall–Kier alpha value is -1.78. The quantitative estimate of drug-likeness (QED) is 0.861. The van der Waals surface area contributed by atoms with Crippen molar-refractivity contribution in [3.63, 3.8) is 0 Å². The van der Waals surface area contributed by atoms with E-state index >= 15 is 0 Å². The molecule has 0 radical (unpaired) electrons. The first-order valence-electron chi connectivity index (χ1n) is 5.08. The molecule has 0 saturated heterocycles. The zero-order valence-corrected chi connectivity index (χ0v) is 9.99. The van der Waals surface area contributed by atoms with Crippen molar-refractivity contribution in [2.45, 2.75) is 19.5 Å². The van der Waals surface area contributed by atoms with Gasteiger partial charge in [-0.1, -0.05) is 0 Å². The number of alkyl halides is 1. The highest BCUT2D eigenvalue weighted by atomic mass is 19.1. The van der Waals surface area contributed by atoms with E-state index in [-0.39, 0.29) is 0 Å². The third-order valence-corrected chi connectivity index (χ3v) is 2.61. The van der Waals surface area contributed by atoms with Gasteiger partial charge in [-0.2, -0.15) is 0 Å². The molecule has 1 aromatic carbocycles. The van der Waals surface area contributed by atoms with E-state index in [0.29, 0.717) is 22.6 Å². The molecular weight excluding hydrogens is 227 g/mol. The summed E-state index contributed by atoms with van der Waals surface area (Å²) in [6, 6.07) is 2.97. The maximum atomic E-state index is 12.7. The van der Waals surface area contributed by atoms with Crippen LogP contribution in [0, 0.1) is 0 Å². The Morgan fingerprint density at radius 1 is 1.35 bits per heavy atom. The number of methoxy groups -OCH3 is 2. The molecule has 4 nitrogen and oxygen atoms in total. The van der Waals surface area contributed by atoms with Gasteiger partial charge in [-0.25, -0.2) is 4.39 Å². The van der Waals surface area contributed by atoms with Crippen LogP contribution < -0.4 is 9.47 Å². The summed E-state index contributed by atoms with van der Waals surface area (Å²) in [5.41, 5.74) is 0.805. The molecule has 0 heterocycles. The highest BCUT2D eigenvalue weighted by Crippen LogP contribution is 2.34. The van der Waals surface area contributed by atoms with E-state index in [9.17, 15) is 9.18 Å². The van der Waals surface area contributed by atoms with Gasteiger partial charge in [0.25, 0.3) is 0 Å². The van der Waals surface area contributed by atoms with E-state index in [2.05, 4.69) is 0 Å². The zero-order chi connectivity index (χ0) is 13.0. The minimum absolute atomic E-state index is 0.330. The molecular formula is C12H15FO4. The average Bonchev–Trinajstić information content (AvgIpc) is 2.35. The van der Waals surface area contributed by atoms with Gasteiger partial charge in [0.15, 0.2) is 0 Å². The Balaban J connectivity index is 3.33. The molecule has 0 spiro atoms. The average molecular weight is 242 g/mol. The molecule has 0 saturated carbocycles. The van der Waals surface area contributed by atoms with Crippen LogP contribution >= 0.6 is 0 Å². The molecule has 0 aliphatic heterocycles. The van der Waals surface area contributed by atoms with Crippen molar-refractivity contribution in [3.05, 3.63) is 23.3 Å². The number of halogens is 1. The molecule has 1 N–H and O–H groups in total. The zero-order valence-electron chi connectivity index (χ0n) is 9.99. The second-order valence-corrected chi connectivity index (χ2v) is 3.60. The minimum Gasteiger partial charge on any atom is -0.496 e. The van der Waals surface area contributed by atoms with Gasteiger partial charge in [0.1, 0.15) is 18.2 Å². The van der Waals surface area contributed by atoms with Crippen molar-refractivity contribution in [1.29, 1.82) is 0 Å². The van der Waals surface area contributed by atoms with Gasteiger partial charge in [-0.05, 0) is 19.1 Å². The molecule has 1 atom stereocenters. The van der Waals surface area contributed by atoms with Crippen LogP contribution in [-0.2, 0) is 11.5 Å². The van der Waals surface area contributed by atoms with Crippen LogP contribution in [0.5, 0.6) is 11.5 Å². The van der Waals surface area contributed by atoms with Crippen molar-refractivity contribution in [2.75, 3.05) is 14.2 Å². The van der Waals surface area contributed by atoms with Gasteiger partial charge in [0.2, 0.25) is 0 Å². The molecule has 5 heteroatoms. The smallest absolute Gasteiger partial charge is 0.310 e. The van der Waals surface area contributed by atoms with Crippen LogP contribution in [0.25, 0.3) is 0 Å². The van der Waals surface area contributed by atoms with Crippen LogP contribution in [0.15, 0.2) is 12.1 Å². The summed E-state index contributed by atoms with van der Waals surface area (Å²) in [5.74, 6) is -1.03. The molecule has 1 rings (SSSR count). The lowest BCUT2D eigenvalue weighted by Gasteiger charge is -2.15. The maximum absolute atomic E-state index is 12.7. The lowest BCUT2D eigenvalue weighted by molar-refractivity contribution is -0.138. The summed E-state index contributed by atoms with van der Waals surface area (Å²) in [7, 11) is 2.83. The fourth-order valence-corrected chi connectivity index (χ4v) is 1.56. The van der Waals surface area contributed by atoms with E-state index in [1.54, 1.807) is 0 Å². The van der Waals surface area contributed by atoms with Crippen molar-refractivity contribution in [3.8, 4) is 11.5 Å². The number of carboxylic acid groups (broad SMARTS) is 1. The number of hydrogen-bond acceptors (Lipinski definition) is 3. The molecule has 0 amide bonds. The Morgan fingerprint density at radius 3 is 2.35 bits per heavy atom. The van der Waals surface area contributed by atoms with Crippen LogP contribution in [0.1, 0.15) is 24.0 Å².